The summed E-state index contributed by atoms with van der Waals surface area (Å²) >= 11 is 0. The molecule has 0 unspecified atom stereocenters. The molecular weight excluding hydrogens is 124 g/mol. The Kier molecular flexibility index (Phi) is 4.65. The first-order valence-electron chi connectivity index (χ1n) is 4.03. The highest BCUT2D eigenvalue weighted by Gasteiger charge is 2.09. The summed E-state index contributed by atoms with van der Waals surface area (Å²) in [4.78, 5) is 4.65. The average Bonchev–Trinajstić information content (AvgIpc) is 2.00. The normalized spacial score (nSPS) is 12.0. The van der Waals surface area contributed by atoms with Gasteiger partial charge >= 0.3 is 0 Å². The van der Waals surface area contributed by atoms with Gasteiger partial charge in [-0.3, -0.25) is 9.80 Å². The van der Waals surface area contributed by atoms with Gasteiger partial charge in [-0.25, -0.2) is 0 Å². The largest absolute Gasteiger partial charge is 0.291 e. The summed E-state index contributed by atoms with van der Waals surface area (Å²) in [6, 6.07) is 0. The van der Waals surface area contributed by atoms with Crippen molar-refractivity contribution in [2.75, 3.05) is 27.2 Å². The Morgan fingerprint density at radius 1 is 1.00 bits per heavy atom. The van der Waals surface area contributed by atoms with Crippen molar-refractivity contribution >= 4 is 0 Å². The van der Waals surface area contributed by atoms with E-state index in [9.17, 15) is 0 Å². The zero-order valence-electron chi connectivity index (χ0n) is 7.89. The molecule has 0 saturated heterocycles. The maximum absolute atomic E-state index is 2.32. The number of hydrogen-bond donors (Lipinski definition) is 0. The Labute approximate surface area is 64.8 Å². The third-order valence-corrected chi connectivity index (χ3v) is 2.27. The van der Waals surface area contributed by atoms with Crippen LogP contribution in [0, 0.1) is 0 Å². The maximum atomic E-state index is 2.32. The molecule has 0 radical (unpaired) electrons. The summed E-state index contributed by atoms with van der Waals surface area (Å²) in [5.41, 5.74) is 0. The minimum atomic E-state index is 0.565. The van der Waals surface area contributed by atoms with Crippen LogP contribution in [0.1, 0.15) is 20.8 Å². The van der Waals surface area contributed by atoms with E-state index in [1.54, 1.807) is 0 Å². The van der Waals surface area contributed by atoms with E-state index in [1.807, 2.05) is 0 Å². The topological polar surface area (TPSA) is 6.48 Å². The molecule has 0 aromatic carbocycles. The molecule has 62 valence electrons. The molecule has 0 rings (SSSR count). The van der Waals surface area contributed by atoms with Crippen LogP contribution < -0.4 is 0 Å². The molecule has 0 heterocycles. The lowest BCUT2D eigenvalue weighted by atomic mass is 10.4. The van der Waals surface area contributed by atoms with E-state index in [1.165, 1.54) is 0 Å². The van der Waals surface area contributed by atoms with Crippen molar-refractivity contribution in [1.29, 1.82) is 0 Å². The summed E-state index contributed by atoms with van der Waals surface area (Å²) in [5.74, 6) is 0. The monoisotopic (exact) mass is 144 g/mol. The molecular formula is C8H20N2. The first-order chi connectivity index (χ1) is 4.63. The van der Waals surface area contributed by atoms with Crippen molar-refractivity contribution in [1.82, 2.24) is 9.80 Å². The van der Waals surface area contributed by atoms with Crippen molar-refractivity contribution in [3.8, 4) is 0 Å². The molecule has 0 bridgehead atoms. The maximum Gasteiger partial charge on any atom is 0.0588 e. The van der Waals surface area contributed by atoms with Gasteiger partial charge in [0.2, 0.25) is 0 Å². The second-order valence-electron chi connectivity index (χ2n) is 2.78. The van der Waals surface area contributed by atoms with Crippen molar-refractivity contribution in [2.24, 2.45) is 0 Å². The zero-order chi connectivity index (χ0) is 8.15. The number of hydrogen-bond acceptors (Lipinski definition) is 2. The molecule has 0 aliphatic heterocycles. The van der Waals surface area contributed by atoms with Gasteiger partial charge in [-0.1, -0.05) is 13.8 Å². The molecule has 0 amide bonds. The SMILES string of the molecule is CCN(C)C(C)N(C)CC. The van der Waals surface area contributed by atoms with E-state index in [0.717, 1.165) is 13.1 Å². The summed E-state index contributed by atoms with van der Waals surface area (Å²) < 4.78 is 0. The third kappa shape index (κ3) is 2.67. The van der Waals surface area contributed by atoms with E-state index in [2.05, 4.69) is 44.7 Å². The summed E-state index contributed by atoms with van der Waals surface area (Å²) in [7, 11) is 4.30. The summed E-state index contributed by atoms with van der Waals surface area (Å²) in [5, 5.41) is 0. The van der Waals surface area contributed by atoms with Crippen LogP contribution >= 0.6 is 0 Å². The first kappa shape index (κ1) is 9.92. The van der Waals surface area contributed by atoms with E-state index < -0.39 is 0 Å². The predicted octanol–water partition coefficient (Wildman–Crippen LogP) is 1.24. The van der Waals surface area contributed by atoms with Crippen LogP contribution in [0.4, 0.5) is 0 Å². The summed E-state index contributed by atoms with van der Waals surface area (Å²) in [6.45, 7) is 8.82. The van der Waals surface area contributed by atoms with Crippen molar-refractivity contribution in [2.45, 2.75) is 26.9 Å². The van der Waals surface area contributed by atoms with Crippen LogP contribution in [0.2, 0.25) is 0 Å². The van der Waals surface area contributed by atoms with Crippen LogP contribution in [-0.4, -0.2) is 43.2 Å². The zero-order valence-corrected chi connectivity index (χ0v) is 7.89. The molecule has 0 N–H and O–H groups in total. The first-order valence-corrected chi connectivity index (χ1v) is 4.03. The standard InChI is InChI=1S/C8H20N2/c1-6-9(4)8(3)10(5)7-2/h8H,6-7H2,1-5H3. The Hall–Kier alpha value is -0.0800. The van der Waals surface area contributed by atoms with Gasteiger partial charge in [0.15, 0.2) is 0 Å². The molecule has 2 heteroatoms. The van der Waals surface area contributed by atoms with Crippen molar-refractivity contribution < 1.29 is 0 Å². The molecule has 0 aliphatic rings. The van der Waals surface area contributed by atoms with E-state index in [-0.39, 0.29) is 0 Å². The van der Waals surface area contributed by atoms with Gasteiger partial charge in [-0.15, -0.1) is 0 Å². The van der Waals surface area contributed by atoms with Gasteiger partial charge < -0.3 is 0 Å². The highest BCUT2D eigenvalue weighted by molar-refractivity contribution is 4.59. The van der Waals surface area contributed by atoms with Gasteiger partial charge in [0.25, 0.3) is 0 Å². The highest BCUT2D eigenvalue weighted by Crippen LogP contribution is 1.98. The fraction of sp³-hybridized carbons (Fsp3) is 1.00. The fourth-order valence-electron chi connectivity index (χ4n) is 0.865. The molecule has 0 fully saturated rings. The van der Waals surface area contributed by atoms with Gasteiger partial charge in [0.05, 0.1) is 6.17 Å². The Balaban J connectivity index is 3.69. The molecule has 0 aliphatic carbocycles. The van der Waals surface area contributed by atoms with Gasteiger partial charge in [-0.2, -0.15) is 0 Å². The van der Waals surface area contributed by atoms with Crippen LogP contribution in [0.25, 0.3) is 0 Å². The minimum Gasteiger partial charge on any atom is -0.291 e. The van der Waals surface area contributed by atoms with Crippen LogP contribution in [0.5, 0.6) is 0 Å². The highest BCUT2D eigenvalue weighted by atomic mass is 15.3. The summed E-state index contributed by atoms with van der Waals surface area (Å²) in [6.07, 6.45) is 0.565. The predicted molar refractivity (Wildman–Crippen MR) is 46.1 cm³/mol. The quantitative estimate of drug-likeness (QED) is 0.548. The third-order valence-electron chi connectivity index (χ3n) is 2.27. The Morgan fingerprint density at radius 3 is 1.50 bits per heavy atom. The second-order valence-corrected chi connectivity index (χ2v) is 2.78. The van der Waals surface area contributed by atoms with Crippen molar-refractivity contribution in [3.05, 3.63) is 0 Å². The Morgan fingerprint density at radius 2 is 1.30 bits per heavy atom. The lowest BCUT2D eigenvalue weighted by Crippen LogP contribution is -2.42. The Bertz CT molecular complexity index is 73.3. The molecule has 0 spiro atoms. The number of nitrogens with zero attached hydrogens (tertiary/aromatic N) is 2. The molecule has 0 aromatic rings. The van der Waals surface area contributed by atoms with Gasteiger partial charge in [0, 0.05) is 0 Å². The molecule has 10 heavy (non-hydrogen) atoms. The van der Waals surface area contributed by atoms with Crippen LogP contribution in [0.15, 0.2) is 0 Å². The molecule has 0 atom stereocenters. The molecule has 0 saturated carbocycles. The van der Waals surface area contributed by atoms with E-state index in [0.29, 0.717) is 6.17 Å². The lowest BCUT2D eigenvalue weighted by molar-refractivity contribution is 0.108. The molecule has 0 aromatic heterocycles. The smallest absolute Gasteiger partial charge is 0.0588 e. The van der Waals surface area contributed by atoms with E-state index in [4.69, 9.17) is 0 Å². The number of rotatable bonds is 4. The average molecular weight is 144 g/mol. The van der Waals surface area contributed by atoms with E-state index >= 15 is 0 Å². The van der Waals surface area contributed by atoms with Gasteiger partial charge in [0.1, 0.15) is 0 Å². The van der Waals surface area contributed by atoms with Crippen LogP contribution in [0.3, 0.4) is 0 Å². The van der Waals surface area contributed by atoms with Crippen molar-refractivity contribution in [3.63, 3.8) is 0 Å². The van der Waals surface area contributed by atoms with Gasteiger partial charge in [-0.05, 0) is 34.1 Å². The fourth-order valence-corrected chi connectivity index (χ4v) is 0.865. The second kappa shape index (κ2) is 4.69. The lowest BCUT2D eigenvalue weighted by Gasteiger charge is -2.30. The molecule has 2 nitrogen and oxygen atoms in total. The van der Waals surface area contributed by atoms with Crippen LogP contribution in [-0.2, 0) is 0 Å². The minimum absolute atomic E-state index is 0.565.